The van der Waals surface area contributed by atoms with E-state index in [9.17, 15) is 0 Å². The molecule has 0 bridgehead atoms. The molecule has 0 aliphatic carbocycles. The molecule has 0 unspecified atom stereocenters. The number of hydrogen-bond acceptors (Lipinski definition) is 1. The van der Waals surface area contributed by atoms with Crippen LogP contribution in [0, 0.1) is 13.8 Å². The number of rotatable bonds is 2. The van der Waals surface area contributed by atoms with E-state index in [0.717, 1.165) is 23.9 Å². The van der Waals surface area contributed by atoms with Crippen molar-refractivity contribution < 1.29 is 0 Å². The standard InChI is InChI=1S/C19H22N2S/c1-14-7-9-16(10-8-14)17-11-12-21(13-17)19(22)20-18-6-4-3-5-15(18)2/h3-10,17H,11-13H2,1-2H3,(H,20,22)/t17-/m0/s1. The van der Waals surface area contributed by atoms with E-state index < -0.39 is 0 Å². The average Bonchev–Trinajstić information content (AvgIpc) is 3.00. The number of aryl methyl sites for hydroxylation is 2. The topological polar surface area (TPSA) is 15.3 Å². The Morgan fingerprint density at radius 1 is 1.09 bits per heavy atom. The summed E-state index contributed by atoms with van der Waals surface area (Å²) in [5.41, 5.74) is 5.06. The Labute approximate surface area is 138 Å². The molecule has 2 nitrogen and oxygen atoms in total. The molecule has 0 spiro atoms. The third kappa shape index (κ3) is 3.30. The first-order chi connectivity index (χ1) is 10.6. The molecule has 0 saturated carbocycles. The van der Waals surface area contributed by atoms with Crippen molar-refractivity contribution in [3.8, 4) is 0 Å². The summed E-state index contributed by atoms with van der Waals surface area (Å²) in [6.45, 7) is 6.26. The summed E-state index contributed by atoms with van der Waals surface area (Å²) in [6, 6.07) is 17.2. The highest BCUT2D eigenvalue weighted by Gasteiger charge is 2.25. The molecular weight excluding hydrogens is 288 g/mol. The molecule has 0 amide bonds. The van der Waals surface area contributed by atoms with E-state index in [0.29, 0.717) is 5.92 Å². The van der Waals surface area contributed by atoms with E-state index in [1.807, 2.05) is 12.1 Å². The minimum atomic E-state index is 0.581. The van der Waals surface area contributed by atoms with Crippen molar-refractivity contribution in [1.29, 1.82) is 0 Å². The second-order valence-corrected chi connectivity index (χ2v) is 6.47. The van der Waals surface area contributed by atoms with Crippen molar-refractivity contribution in [3.05, 3.63) is 65.2 Å². The maximum Gasteiger partial charge on any atom is 0.173 e. The van der Waals surface area contributed by atoms with Crippen LogP contribution >= 0.6 is 12.2 Å². The van der Waals surface area contributed by atoms with Gasteiger partial charge in [-0.15, -0.1) is 0 Å². The van der Waals surface area contributed by atoms with Gasteiger partial charge in [0.2, 0.25) is 0 Å². The predicted molar refractivity (Wildman–Crippen MR) is 97.5 cm³/mol. The van der Waals surface area contributed by atoms with Crippen LogP contribution in [-0.2, 0) is 0 Å². The molecule has 114 valence electrons. The fourth-order valence-electron chi connectivity index (χ4n) is 2.96. The number of likely N-dealkylation sites (tertiary alicyclic amines) is 1. The first-order valence-electron chi connectivity index (χ1n) is 7.81. The van der Waals surface area contributed by atoms with Crippen LogP contribution in [0.4, 0.5) is 5.69 Å². The Hall–Kier alpha value is -1.87. The Morgan fingerprint density at radius 3 is 2.55 bits per heavy atom. The quantitative estimate of drug-likeness (QED) is 0.823. The molecule has 1 fully saturated rings. The van der Waals surface area contributed by atoms with Crippen molar-refractivity contribution in [3.63, 3.8) is 0 Å². The third-order valence-electron chi connectivity index (χ3n) is 4.41. The average molecular weight is 310 g/mol. The van der Waals surface area contributed by atoms with Gasteiger partial charge in [-0.25, -0.2) is 0 Å². The third-order valence-corrected chi connectivity index (χ3v) is 4.77. The van der Waals surface area contributed by atoms with Crippen LogP contribution in [0.25, 0.3) is 0 Å². The van der Waals surface area contributed by atoms with Gasteiger partial charge in [-0.3, -0.25) is 0 Å². The van der Waals surface area contributed by atoms with Crippen LogP contribution in [0.1, 0.15) is 29.0 Å². The smallest absolute Gasteiger partial charge is 0.173 e. The fourth-order valence-corrected chi connectivity index (χ4v) is 3.24. The lowest BCUT2D eigenvalue weighted by Gasteiger charge is -2.21. The van der Waals surface area contributed by atoms with Crippen LogP contribution in [0.15, 0.2) is 48.5 Å². The van der Waals surface area contributed by atoms with E-state index in [-0.39, 0.29) is 0 Å². The minimum Gasteiger partial charge on any atom is -0.348 e. The summed E-state index contributed by atoms with van der Waals surface area (Å²) in [5.74, 6) is 0.581. The molecule has 1 aliphatic rings. The van der Waals surface area contributed by atoms with Gasteiger partial charge in [-0.2, -0.15) is 0 Å². The number of nitrogens with one attached hydrogen (secondary N) is 1. The van der Waals surface area contributed by atoms with Gasteiger partial charge in [-0.05, 0) is 49.7 Å². The van der Waals surface area contributed by atoms with Gasteiger partial charge in [0.15, 0.2) is 5.11 Å². The summed E-state index contributed by atoms with van der Waals surface area (Å²) >= 11 is 5.59. The second-order valence-electron chi connectivity index (χ2n) is 6.09. The van der Waals surface area contributed by atoms with Crippen molar-refractivity contribution >= 4 is 23.0 Å². The predicted octanol–water partition coefficient (Wildman–Crippen LogP) is 4.49. The molecule has 1 saturated heterocycles. The molecule has 0 aromatic heterocycles. The summed E-state index contributed by atoms with van der Waals surface area (Å²) in [5, 5.41) is 4.23. The fraction of sp³-hybridized carbons (Fsp3) is 0.316. The Bertz CT molecular complexity index is 663. The first kappa shape index (κ1) is 15.0. The lowest BCUT2D eigenvalue weighted by Crippen LogP contribution is -2.32. The van der Waals surface area contributed by atoms with Gasteiger partial charge >= 0.3 is 0 Å². The monoisotopic (exact) mass is 310 g/mol. The summed E-state index contributed by atoms with van der Waals surface area (Å²) in [6.07, 6.45) is 1.17. The summed E-state index contributed by atoms with van der Waals surface area (Å²) in [7, 11) is 0. The largest absolute Gasteiger partial charge is 0.348 e. The molecule has 1 atom stereocenters. The van der Waals surface area contributed by atoms with Crippen LogP contribution in [-0.4, -0.2) is 23.1 Å². The molecule has 22 heavy (non-hydrogen) atoms. The zero-order chi connectivity index (χ0) is 15.5. The van der Waals surface area contributed by atoms with Crippen LogP contribution in [0.2, 0.25) is 0 Å². The van der Waals surface area contributed by atoms with Gasteiger partial charge in [0.05, 0.1) is 0 Å². The summed E-state index contributed by atoms with van der Waals surface area (Å²) in [4.78, 5) is 2.28. The molecule has 3 heteroatoms. The lowest BCUT2D eigenvalue weighted by molar-refractivity contribution is 0.518. The normalized spacial score (nSPS) is 17.5. The molecule has 2 aromatic carbocycles. The number of anilines is 1. The molecule has 3 rings (SSSR count). The number of para-hydroxylation sites is 1. The van der Waals surface area contributed by atoms with Crippen molar-refractivity contribution in [2.45, 2.75) is 26.2 Å². The molecule has 0 radical (unpaired) electrons. The van der Waals surface area contributed by atoms with Crippen molar-refractivity contribution in [2.24, 2.45) is 0 Å². The zero-order valence-electron chi connectivity index (χ0n) is 13.2. The van der Waals surface area contributed by atoms with E-state index >= 15 is 0 Å². The number of benzene rings is 2. The highest BCUT2D eigenvalue weighted by Crippen LogP contribution is 2.28. The van der Waals surface area contributed by atoms with Gasteiger partial charge < -0.3 is 10.2 Å². The lowest BCUT2D eigenvalue weighted by atomic mass is 9.98. The number of thiocarbonyl (C=S) groups is 1. The second kappa shape index (κ2) is 6.49. The molecular formula is C19H22N2S. The molecule has 1 heterocycles. The van der Waals surface area contributed by atoms with Crippen LogP contribution in [0.3, 0.4) is 0 Å². The minimum absolute atomic E-state index is 0.581. The number of hydrogen-bond donors (Lipinski definition) is 1. The van der Waals surface area contributed by atoms with Crippen molar-refractivity contribution in [2.75, 3.05) is 18.4 Å². The van der Waals surface area contributed by atoms with Crippen molar-refractivity contribution in [1.82, 2.24) is 4.90 Å². The van der Waals surface area contributed by atoms with Crippen LogP contribution in [0.5, 0.6) is 0 Å². The Morgan fingerprint density at radius 2 is 1.82 bits per heavy atom. The highest BCUT2D eigenvalue weighted by atomic mass is 32.1. The van der Waals surface area contributed by atoms with Gasteiger partial charge in [0, 0.05) is 24.7 Å². The van der Waals surface area contributed by atoms with E-state index in [4.69, 9.17) is 12.2 Å². The van der Waals surface area contributed by atoms with E-state index in [2.05, 4.69) is 60.5 Å². The van der Waals surface area contributed by atoms with E-state index in [1.54, 1.807) is 0 Å². The maximum absolute atomic E-state index is 5.59. The summed E-state index contributed by atoms with van der Waals surface area (Å²) < 4.78 is 0. The maximum atomic E-state index is 5.59. The van der Waals surface area contributed by atoms with E-state index in [1.165, 1.54) is 23.1 Å². The zero-order valence-corrected chi connectivity index (χ0v) is 14.0. The Kier molecular flexibility index (Phi) is 4.44. The van der Waals surface area contributed by atoms with Gasteiger partial charge in [0.1, 0.15) is 0 Å². The molecule has 1 N–H and O–H groups in total. The first-order valence-corrected chi connectivity index (χ1v) is 8.22. The van der Waals surface area contributed by atoms with Crippen LogP contribution < -0.4 is 5.32 Å². The van der Waals surface area contributed by atoms with Gasteiger partial charge in [0.25, 0.3) is 0 Å². The Balaban J connectivity index is 1.64. The van der Waals surface area contributed by atoms with Gasteiger partial charge in [-0.1, -0.05) is 48.0 Å². The molecule has 1 aliphatic heterocycles. The SMILES string of the molecule is Cc1ccc([C@H]2CCN(C(=S)Nc3ccccc3C)C2)cc1. The number of nitrogens with zero attached hydrogens (tertiary/aromatic N) is 1. The molecule has 2 aromatic rings. The highest BCUT2D eigenvalue weighted by molar-refractivity contribution is 7.80.